The van der Waals surface area contributed by atoms with Gasteiger partial charge < -0.3 is 4.74 Å². The quantitative estimate of drug-likeness (QED) is 0.589. The predicted octanol–water partition coefficient (Wildman–Crippen LogP) is 1.55. The Morgan fingerprint density at radius 3 is 2.40 bits per heavy atom. The minimum Gasteiger partial charge on any atom is -0.469 e. The second-order valence-corrected chi connectivity index (χ2v) is 3.67. The summed E-state index contributed by atoms with van der Waals surface area (Å²) in [7, 11) is 1.42. The van der Waals surface area contributed by atoms with Crippen molar-refractivity contribution in [2.75, 3.05) is 19.1 Å². The Balaban J connectivity index is 3.96. The summed E-state index contributed by atoms with van der Waals surface area (Å²) < 4.78 is 4.62. The number of methoxy groups -OCH3 is 1. The Morgan fingerprint density at radius 2 is 2.10 bits per heavy atom. The van der Waals surface area contributed by atoms with E-state index in [-0.39, 0.29) is 11.4 Å². The van der Waals surface area contributed by atoms with Crippen LogP contribution in [0.5, 0.6) is 0 Å². The minimum absolute atomic E-state index is 0.137. The van der Waals surface area contributed by atoms with E-state index in [0.29, 0.717) is 0 Å². The molecule has 0 radical (unpaired) electrons. The van der Waals surface area contributed by atoms with Crippen LogP contribution in [0.3, 0.4) is 0 Å². The Kier molecular flexibility index (Phi) is 3.79. The summed E-state index contributed by atoms with van der Waals surface area (Å²) in [4.78, 5) is 11.0. The largest absolute Gasteiger partial charge is 0.469 e. The van der Waals surface area contributed by atoms with Crippen LogP contribution < -0.4 is 0 Å². The molecule has 0 aromatic heterocycles. The number of ether oxygens (including phenoxy) is 1. The number of carbonyl (C=O) groups is 1. The molecule has 0 N–H and O–H groups in total. The molecule has 0 atom stereocenters. The lowest BCUT2D eigenvalue weighted by Crippen LogP contribution is -2.27. The molecule has 0 amide bonds. The Morgan fingerprint density at radius 1 is 1.60 bits per heavy atom. The van der Waals surface area contributed by atoms with E-state index in [4.69, 9.17) is 0 Å². The van der Waals surface area contributed by atoms with Gasteiger partial charge in [0.05, 0.1) is 12.5 Å². The lowest BCUT2D eigenvalue weighted by molar-refractivity contribution is -0.149. The number of hydrogen-bond donors (Lipinski definition) is 0. The predicted molar refractivity (Wildman–Crippen MR) is 44.2 cm³/mol. The zero-order chi connectivity index (χ0) is 8.20. The van der Waals surface area contributed by atoms with Gasteiger partial charge in [-0.05, 0) is 20.1 Å². The summed E-state index contributed by atoms with van der Waals surface area (Å²) in [5.74, 6) is 0.668. The molecular weight excluding hydrogens is 148 g/mol. The normalized spacial score (nSPS) is 11.2. The number of esters is 1. The van der Waals surface area contributed by atoms with Crippen LogP contribution >= 0.6 is 11.8 Å². The molecule has 10 heavy (non-hydrogen) atoms. The van der Waals surface area contributed by atoms with E-state index in [0.717, 1.165) is 5.75 Å². The maximum Gasteiger partial charge on any atom is 0.312 e. The van der Waals surface area contributed by atoms with Gasteiger partial charge in [-0.2, -0.15) is 11.8 Å². The first-order valence-corrected chi connectivity index (χ1v) is 4.51. The molecule has 0 aromatic carbocycles. The summed E-state index contributed by atoms with van der Waals surface area (Å²) in [6, 6.07) is 0. The molecule has 0 aliphatic rings. The third kappa shape index (κ3) is 2.60. The van der Waals surface area contributed by atoms with Gasteiger partial charge in [-0.25, -0.2) is 0 Å². The zero-order valence-electron chi connectivity index (χ0n) is 6.93. The maximum absolute atomic E-state index is 11.0. The molecule has 0 heterocycles. The first-order chi connectivity index (χ1) is 4.54. The van der Waals surface area contributed by atoms with Crippen molar-refractivity contribution >= 4 is 17.7 Å². The van der Waals surface area contributed by atoms with Crippen LogP contribution in [-0.2, 0) is 9.53 Å². The van der Waals surface area contributed by atoms with E-state index in [9.17, 15) is 4.79 Å². The van der Waals surface area contributed by atoms with E-state index in [2.05, 4.69) is 4.74 Å². The molecule has 0 bridgehead atoms. The standard InChI is InChI=1S/C7H14O2S/c1-7(2,5-10-4)6(8)9-3/h5H2,1-4H3. The van der Waals surface area contributed by atoms with Gasteiger partial charge in [-0.1, -0.05) is 0 Å². The summed E-state index contributed by atoms with van der Waals surface area (Å²) in [6.45, 7) is 3.77. The molecule has 3 heteroatoms. The first-order valence-electron chi connectivity index (χ1n) is 3.12. The molecule has 2 nitrogen and oxygen atoms in total. The van der Waals surface area contributed by atoms with Crippen molar-refractivity contribution in [3.63, 3.8) is 0 Å². The van der Waals surface area contributed by atoms with Crippen molar-refractivity contribution in [1.29, 1.82) is 0 Å². The van der Waals surface area contributed by atoms with Crippen molar-refractivity contribution in [3.05, 3.63) is 0 Å². The second-order valence-electron chi connectivity index (χ2n) is 2.81. The highest BCUT2D eigenvalue weighted by molar-refractivity contribution is 7.98. The van der Waals surface area contributed by atoms with E-state index in [1.807, 2.05) is 20.1 Å². The lowest BCUT2D eigenvalue weighted by atomic mass is 9.97. The van der Waals surface area contributed by atoms with Crippen LogP contribution in [0.15, 0.2) is 0 Å². The van der Waals surface area contributed by atoms with Crippen molar-refractivity contribution in [2.24, 2.45) is 5.41 Å². The molecule has 0 saturated carbocycles. The van der Waals surface area contributed by atoms with Gasteiger partial charge in [0, 0.05) is 5.75 Å². The SMILES string of the molecule is COC(=O)C(C)(C)CSC. The van der Waals surface area contributed by atoms with E-state index < -0.39 is 0 Å². The van der Waals surface area contributed by atoms with Gasteiger partial charge in [0.2, 0.25) is 0 Å². The van der Waals surface area contributed by atoms with Crippen molar-refractivity contribution in [2.45, 2.75) is 13.8 Å². The van der Waals surface area contributed by atoms with Crippen LogP contribution in [0.2, 0.25) is 0 Å². The van der Waals surface area contributed by atoms with Crippen LogP contribution in [0.1, 0.15) is 13.8 Å². The molecular formula is C7H14O2S. The average molecular weight is 162 g/mol. The van der Waals surface area contributed by atoms with Gasteiger partial charge in [-0.3, -0.25) is 4.79 Å². The molecule has 0 aromatic rings. The molecule has 60 valence electrons. The Hall–Kier alpha value is -0.180. The number of rotatable bonds is 3. The third-order valence-corrected chi connectivity index (χ3v) is 2.25. The monoisotopic (exact) mass is 162 g/mol. The van der Waals surface area contributed by atoms with Crippen LogP contribution in [0, 0.1) is 5.41 Å². The molecule has 0 rings (SSSR count). The van der Waals surface area contributed by atoms with Crippen LogP contribution in [0.25, 0.3) is 0 Å². The van der Waals surface area contributed by atoms with E-state index in [1.54, 1.807) is 11.8 Å². The smallest absolute Gasteiger partial charge is 0.312 e. The molecule has 0 fully saturated rings. The fourth-order valence-electron chi connectivity index (χ4n) is 0.696. The molecule has 0 saturated heterocycles. The van der Waals surface area contributed by atoms with E-state index >= 15 is 0 Å². The third-order valence-electron chi connectivity index (χ3n) is 1.24. The van der Waals surface area contributed by atoms with Gasteiger partial charge in [0.25, 0.3) is 0 Å². The highest BCUT2D eigenvalue weighted by Gasteiger charge is 2.27. The molecule has 0 aliphatic carbocycles. The second kappa shape index (κ2) is 3.86. The Bertz CT molecular complexity index is 121. The van der Waals surface area contributed by atoms with E-state index in [1.165, 1.54) is 7.11 Å². The van der Waals surface area contributed by atoms with Crippen molar-refractivity contribution in [3.8, 4) is 0 Å². The van der Waals surface area contributed by atoms with Gasteiger partial charge in [0.15, 0.2) is 0 Å². The summed E-state index contributed by atoms with van der Waals surface area (Å²) in [5, 5.41) is 0. The van der Waals surface area contributed by atoms with Crippen molar-refractivity contribution in [1.82, 2.24) is 0 Å². The fraction of sp³-hybridized carbons (Fsp3) is 0.857. The van der Waals surface area contributed by atoms with Gasteiger partial charge >= 0.3 is 5.97 Å². The molecule has 0 aliphatic heterocycles. The van der Waals surface area contributed by atoms with Gasteiger partial charge in [-0.15, -0.1) is 0 Å². The highest BCUT2D eigenvalue weighted by atomic mass is 32.2. The fourth-order valence-corrected chi connectivity index (χ4v) is 1.54. The van der Waals surface area contributed by atoms with Gasteiger partial charge in [0.1, 0.15) is 0 Å². The number of hydrogen-bond acceptors (Lipinski definition) is 3. The summed E-state index contributed by atoms with van der Waals surface area (Å²) in [6.07, 6.45) is 1.98. The lowest BCUT2D eigenvalue weighted by Gasteiger charge is -2.19. The molecule has 0 unspecified atom stereocenters. The number of thioether (sulfide) groups is 1. The summed E-state index contributed by atoms with van der Waals surface area (Å²) in [5.41, 5.74) is -0.339. The Labute approximate surface area is 66.3 Å². The maximum atomic E-state index is 11.0. The summed E-state index contributed by atoms with van der Waals surface area (Å²) >= 11 is 1.65. The number of carbonyl (C=O) groups excluding carboxylic acids is 1. The minimum atomic E-state index is -0.339. The average Bonchev–Trinajstić information content (AvgIpc) is 1.86. The first kappa shape index (κ1) is 9.82. The van der Waals surface area contributed by atoms with Crippen molar-refractivity contribution < 1.29 is 9.53 Å². The van der Waals surface area contributed by atoms with Crippen LogP contribution in [0.4, 0.5) is 0 Å². The topological polar surface area (TPSA) is 26.3 Å². The van der Waals surface area contributed by atoms with Crippen LogP contribution in [-0.4, -0.2) is 25.1 Å². The zero-order valence-corrected chi connectivity index (χ0v) is 7.75. The molecule has 0 spiro atoms. The highest BCUT2D eigenvalue weighted by Crippen LogP contribution is 2.21.